The van der Waals surface area contributed by atoms with Crippen LogP contribution in [0.3, 0.4) is 0 Å². The Kier molecular flexibility index (Phi) is 6.73. The summed E-state index contributed by atoms with van der Waals surface area (Å²) in [4.78, 5) is 29.1. The molecule has 2 heterocycles. The standard InChI is InChI=1S/C28H25FN4O4/c29-23-16-33(28(35)36)11-9-25(23)37-24-7-6-18(12-20(24)15-30)19-8-10-31-26(13-19)32-27(34)22-14-21(22)17-4-2-1-3-5-17/h1-8,10,12-13,21-23,25H,9,11,14,16H2,(H,35,36)(H,31,32,34)/t21?,22?,23-,25+/m1/s1. The van der Waals surface area contributed by atoms with E-state index in [9.17, 15) is 19.2 Å². The summed E-state index contributed by atoms with van der Waals surface area (Å²) in [6.45, 7) is -0.0999. The van der Waals surface area contributed by atoms with E-state index in [2.05, 4.69) is 16.4 Å². The van der Waals surface area contributed by atoms with Crippen molar-refractivity contribution in [2.24, 2.45) is 5.92 Å². The van der Waals surface area contributed by atoms with E-state index in [4.69, 9.17) is 9.84 Å². The van der Waals surface area contributed by atoms with Crippen molar-refractivity contribution in [1.82, 2.24) is 9.88 Å². The van der Waals surface area contributed by atoms with Gasteiger partial charge in [-0.2, -0.15) is 5.26 Å². The molecule has 4 atom stereocenters. The number of likely N-dealkylation sites (tertiary alicyclic amines) is 1. The Balaban J connectivity index is 1.26. The first-order valence-electron chi connectivity index (χ1n) is 12.1. The van der Waals surface area contributed by atoms with Crippen LogP contribution in [0.2, 0.25) is 0 Å². The number of carbonyl (C=O) groups excluding carboxylic acids is 1. The lowest BCUT2D eigenvalue weighted by Gasteiger charge is -2.33. The summed E-state index contributed by atoms with van der Waals surface area (Å²) in [5.41, 5.74) is 2.86. The lowest BCUT2D eigenvalue weighted by atomic mass is 10.0. The molecule has 3 aromatic rings. The van der Waals surface area contributed by atoms with Gasteiger partial charge in [0.05, 0.1) is 12.1 Å². The highest BCUT2D eigenvalue weighted by Gasteiger charge is 2.44. The molecule has 2 amide bonds. The number of aromatic nitrogens is 1. The largest absolute Gasteiger partial charge is 0.486 e. The van der Waals surface area contributed by atoms with Crippen LogP contribution in [0.15, 0.2) is 66.9 Å². The molecule has 9 heteroatoms. The van der Waals surface area contributed by atoms with Crippen LogP contribution in [0.1, 0.15) is 29.9 Å². The number of carbonyl (C=O) groups is 2. The van der Waals surface area contributed by atoms with Crippen LogP contribution in [-0.4, -0.2) is 52.4 Å². The van der Waals surface area contributed by atoms with E-state index in [0.29, 0.717) is 11.4 Å². The fourth-order valence-electron chi connectivity index (χ4n) is 4.70. The number of hydrogen-bond donors (Lipinski definition) is 2. The maximum absolute atomic E-state index is 14.5. The summed E-state index contributed by atoms with van der Waals surface area (Å²) in [7, 11) is 0. The average molecular weight is 501 g/mol. The monoisotopic (exact) mass is 500 g/mol. The molecule has 1 saturated heterocycles. The van der Waals surface area contributed by atoms with Gasteiger partial charge in [-0.1, -0.05) is 36.4 Å². The molecular formula is C28H25FN4O4. The van der Waals surface area contributed by atoms with Crippen LogP contribution in [0.5, 0.6) is 5.75 Å². The zero-order valence-electron chi connectivity index (χ0n) is 19.9. The highest BCUT2D eigenvalue weighted by atomic mass is 19.1. The van der Waals surface area contributed by atoms with Crippen molar-refractivity contribution >= 4 is 17.8 Å². The van der Waals surface area contributed by atoms with Gasteiger partial charge in [-0.05, 0) is 53.3 Å². The van der Waals surface area contributed by atoms with Gasteiger partial charge >= 0.3 is 6.09 Å². The van der Waals surface area contributed by atoms with E-state index in [1.165, 1.54) is 0 Å². The van der Waals surface area contributed by atoms with Crippen LogP contribution in [-0.2, 0) is 4.79 Å². The van der Waals surface area contributed by atoms with Crippen molar-refractivity contribution in [3.8, 4) is 22.9 Å². The number of hydrogen-bond acceptors (Lipinski definition) is 5. The summed E-state index contributed by atoms with van der Waals surface area (Å²) in [5, 5.41) is 21.6. The fraction of sp³-hybridized carbons (Fsp3) is 0.286. The van der Waals surface area contributed by atoms with Gasteiger partial charge in [0.1, 0.15) is 23.7 Å². The molecule has 8 nitrogen and oxygen atoms in total. The summed E-state index contributed by atoms with van der Waals surface area (Å²) in [6.07, 6.45) is -0.900. The highest BCUT2D eigenvalue weighted by Crippen LogP contribution is 2.47. The number of halogens is 1. The first kappa shape index (κ1) is 24.3. The van der Waals surface area contributed by atoms with Gasteiger partial charge in [0.2, 0.25) is 5.91 Å². The van der Waals surface area contributed by atoms with Crippen LogP contribution in [0.4, 0.5) is 15.0 Å². The lowest BCUT2D eigenvalue weighted by Crippen LogP contribution is -2.48. The van der Waals surface area contributed by atoms with Gasteiger partial charge in [-0.15, -0.1) is 0 Å². The molecule has 2 N–H and O–H groups in total. The number of rotatable bonds is 6. The van der Waals surface area contributed by atoms with Crippen LogP contribution < -0.4 is 10.1 Å². The van der Waals surface area contributed by atoms with Crippen molar-refractivity contribution < 1.29 is 23.8 Å². The number of anilines is 1. The maximum atomic E-state index is 14.5. The zero-order chi connectivity index (χ0) is 25.9. The van der Waals surface area contributed by atoms with Gasteiger partial charge in [-0.25, -0.2) is 14.2 Å². The van der Waals surface area contributed by atoms with E-state index in [1.54, 1.807) is 36.5 Å². The summed E-state index contributed by atoms with van der Waals surface area (Å²) < 4.78 is 20.3. The number of carboxylic acid groups (broad SMARTS) is 1. The van der Waals surface area contributed by atoms with Crippen LogP contribution in [0, 0.1) is 17.2 Å². The van der Waals surface area contributed by atoms with E-state index in [1.807, 2.05) is 30.3 Å². The summed E-state index contributed by atoms with van der Waals surface area (Å²) in [5.74, 6) is 0.720. The molecule has 2 unspecified atom stereocenters. The van der Waals surface area contributed by atoms with Crippen LogP contribution >= 0.6 is 0 Å². The van der Waals surface area contributed by atoms with Crippen LogP contribution in [0.25, 0.3) is 11.1 Å². The predicted octanol–water partition coefficient (Wildman–Crippen LogP) is 4.83. The van der Waals surface area contributed by atoms with Gasteiger partial charge in [0.25, 0.3) is 0 Å². The molecule has 2 aromatic carbocycles. The molecule has 0 bridgehead atoms. The molecule has 5 rings (SSSR count). The average Bonchev–Trinajstić information content (AvgIpc) is 3.72. The molecule has 0 radical (unpaired) electrons. The minimum atomic E-state index is -1.49. The third-order valence-electron chi connectivity index (χ3n) is 6.83. The number of nitriles is 1. The van der Waals surface area contributed by atoms with Crippen molar-refractivity contribution in [3.63, 3.8) is 0 Å². The number of piperidine rings is 1. The molecule has 2 aliphatic rings. The van der Waals surface area contributed by atoms with Crippen molar-refractivity contribution in [2.45, 2.75) is 31.0 Å². The third kappa shape index (κ3) is 5.38. The number of ether oxygens (including phenoxy) is 1. The van der Waals surface area contributed by atoms with Gasteiger partial charge in [0, 0.05) is 25.1 Å². The van der Waals surface area contributed by atoms with Gasteiger partial charge in [0.15, 0.2) is 6.17 Å². The summed E-state index contributed by atoms with van der Waals surface area (Å²) in [6, 6.07) is 20.6. The molecule has 1 saturated carbocycles. The Morgan fingerprint density at radius 2 is 1.92 bits per heavy atom. The Bertz CT molecular complexity index is 1360. The quantitative estimate of drug-likeness (QED) is 0.501. The second kappa shape index (κ2) is 10.3. The minimum absolute atomic E-state index is 0.0744. The third-order valence-corrected chi connectivity index (χ3v) is 6.83. The smallest absolute Gasteiger partial charge is 0.407 e. The molecule has 1 aliphatic heterocycles. The molecule has 2 fully saturated rings. The second-order valence-electron chi connectivity index (χ2n) is 9.29. The topological polar surface area (TPSA) is 116 Å². The molecule has 188 valence electrons. The number of benzene rings is 2. The Morgan fingerprint density at radius 1 is 1.14 bits per heavy atom. The molecule has 37 heavy (non-hydrogen) atoms. The number of nitrogens with zero attached hydrogens (tertiary/aromatic N) is 3. The van der Waals surface area contributed by atoms with Gasteiger partial charge < -0.3 is 20.1 Å². The van der Waals surface area contributed by atoms with Crippen molar-refractivity contribution in [3.05, 3.63) is 78.0 Å². The summed E-state index contributed by atoms with van der Waals surface area (Å²) >= 11 is 0. The Labute approximate surface area is 213 Å². The number of amides is 2. The fourth-order valence-corrected chi connectivity index (χ4v) is 4.70. The SMILES string of the molecule is N#Cc1cc(-c2ccnc(NC(=O)C3CC3c3ccccc3)c2)ccc1O[C@H]1CCN(C(=O)O)C[C@H]1F. The second-order valence-corrected chi connectivity index (χ2v) is 9.29. The number of pyridine rings is 1. The van der Waals surface area contributed by atoms with E-state index >= 15 is 0 Å². The molecule has 0 spiro atoms. The van der Waals surface area contributed by atoms with E-state index in [0.717, 1.165) is 22.4 Å². The predicted molar refractivity (Wildman–Crippen MR) is 134 cm³/mol. The zero-order valence-corrected chi connectivity index (χ0v) is 19.9. The van der Waals surface area contributed by atoms with E-state index < -0.39 is 18.4 Å². The molecule has 1 aliphatic carbocycles. The molecule has 1 aromatic heterocycles. The first-order chi connectivity index (χ1) is 17.9. The van der Waals surface area contributed by atoms with Gasteiger partial charge in [-0.3, -0.25) is 4.79 Å². The highest BCUT2D eigenvalue weighted by molar-refractivity contribution is 5.95. The Morgan fingerprint density at radius 3 is 2.65 bits per heavy atom. The number of alkyl halides is 1. The Hall–Kier alpha value is -4.45. The normalized spacial score (nSPS) is 22.5. The van der Waals surface area contributed by atoms with Crippen molar-refractivity contribution in [2.75, 3.05) is 18.4 Å². The first-order valence-corrected chi connectivity index (χ1v) is 12.1. The maximum Gasteiger partial charge on any atom is 0.407 e. The lowest BCUT2D eigenvalue weighted by molar-refractivity contribution is -0.117. The van der Waals surface area contributed by atoms with E-state index in [-0.39, 0.29) is 48.6 Å². The van der Waals surface area contributed by atoms with Crippen molar-refractivity contribution in [1.29, 1.82) is 5.26 Å². The number of nitrogens with one attached hydrogen (secondary N) is 1. The minimum Gasteiger partial charge on any atom is -0.486 e. The molecular weight excluding hydrogens is 475 g/mol.